The van der Waals surface area contributed by atoms with Gasteiger partial charge in [-0.2, -0.15) is 0 Å². The van der Waals surface area contributed by atoms with E-state index in [-0.39, 0.29) is 0 Å². The summed E-state index contributed by atoms with van der Waals surface area (Å²) in [7, 11) is 1.61. The Balaban J connectivity index is 2.38. The maximum atomic E-state index is 6.15. The Morgan fingerprint density at radius 3 is 2.63 bits per heavy atom. The van der Waals surface area contributed by atoms with E-state index in [0.29, 0.717) is 10.0 Å². The molecule has 19 heavy (non-hydrogen) atoms. The third-order valence-electron chi connectivity index (χ3n) is 2.64. The molecule has 98 valence electrons. The number of methoxy groups -OCH3 is 1. The average Bonchev–Trinajstić information content (AvgIpc) is 2.41. The van der Waals surface area contributed by atoms with Gasteiger partial charge in [-0.3, -0.25) is 0 Å². The molecule has 3 nitrogen and oxygen atoms in total. The normalized spacial score (nSPS) is 10.0. The summed E-state index contributed by atoms with van der Waals surface area (Å²) < 4.78 is 5.18. The Morgan fingerprint density at radius 1 is 1.21 bits per heavy atom. The SMILES string of the molecule is COc1ccc(Cl)c(Nc2ccccc2C(N)=S)c1. The van der Waals surface area contributed by atoms with Crippen LogP contribution in [0.15, 0.2) is 42.5 Å². The first kappa shape index (κ1) is 13.6. The predicted molar refractivity (Wildman–Crippen MR) is 83.6 cm³/mol. The van der Waals surface area contributed by atoms with Crippen molar-refractivity contribution in [3.8, 4) is 5.75 Å². The molecule has 0 amide bonds. The molecule has 0 heterocycles. The van der Waals surface area contributed by atoms with Crippen molar-refractivity contribution in [3.63, 3.8) is 0 Å². The van der Waals surface area contributed by atoms with Gasteiger partial charge in [-0.05, 0) is 24.3 Å². The molecule has 0 unspecified atom stereocenters. The molecule has 0 saturated carbocycles. The predicted octanol–water partition coefficient (Wildman–Crippen LogP) is 3.73. The standard InChI is InChI=1S/C14H13ClN2OS/c1-18-9-6-7-11(15)13(8-9)17-12-5-3-2-4-10(12)14(16)19/h2-8,17H,1H3,(H2,16,19). The summed E-state index contributed by atoms with van der Waals surface area (Å²) in [4.78, 5) is 0.335. The van der Waals surface area contributed by atoms with Gasteiger partial charge in [0, 0.05) is 17.3 Å². The van der Waals surface area contributed by atoms with Crippen molar-refractivity contribution in [1.29, 1.82) is 0 Å². The number of nitrogens with one attached hydrogen (secondary N) is 1. The van der Waals surface area contributed by atoms with Crippen LogP contribution in [0.25, 0.3) is 0 Å². The number of thiocarbonyl (C=S) groups is 1. The Morgan fingerprint density at radius 2 is 1.95 bits per heavy atom. The van der Waals surface area contributed by atoms with Gasteiger partial charge >= 0.3 is 0 Å². The Bertz CT molecular complexity index is 616. The molecule has 2 aromatic rings. The highest BCUT2D eigenvalue weighted by molar-refractivity contribution is 7.80. The Hall–Kier alpha value is -1.78. The third-order valence-corrected chi connectivity index (χ3v) is 3.18. The van der Waals surface area contributed by atoms with Crippen LogP contribution in [0.1, 0.15) is 5.56 Å². The number of anilines is 2. The molecular formula is C14H13ClN2OS. The molecule has 0 atom stereocenters. The van der Waals surface area contributed by atoms with Gasteiger partial charge in [-0.25, -0.2) is 0 Å². The van der Waals surface area contributed by atoms with E-state index in [1.54, 1.807) is 19.2 Å². The van der Waals surface area contributed by atoms with Crippen LogP contribution in [0.3, 0.4) is 0 Å². The molecule has 0 aromatic heterocycles. The van der Waals surface area contributed by atoms with E-state index in [1.165, 1.54) is 0 Å². The second-order valence-corrected chi connectivity index (χ2v) is 4.73. The third kappa shape index (κ3) is 3.16. The fourth-order valence-corrected chi connectivity index (χ4v) is 2.02. The van der Waals surface area contributed by atoms with Gasteiger partial charge in [0.05, 0.1) is 17.8 Å². The second kappa shape index (κ2) is 5.91. The minimum atomic E-state index is 0.335. The maximum absolute atomic E-state index is 6.15. The van der Waals surface area contributed by atoms with Crippen molar-refractivity contribution in [2.75, 3.05) is 12.4 Å². The monoisotopic (exact) mass is 292 g/mol. The lowest BCUT2D eigenvalue weighted by atomic mass is 10.1. The summed E-state index contributed by atoms with van der Waals surface area (Å²) in [6, 6.07) is 12.9. The lowest BCUT2D eigenvalue weighted by Gasteiger charge is -2.13. The van der Waals surface area contributed by atoms with E-state index < -0.39 is 0 Å². The molecule has 2 rings (SSSR count). The first-order valence-corrected chi connectivity index (χ1v) is 6.40. The lowest BCUT2D eigenvalue weighted by Crippen LogP contribution is -2.11. The molecule has 0 aliphatic rings. The molecule has 5 heteroatoms. The van der Waals surface area contributed by atoms with Crippen LogP contribution in [-0.4, -0.2) is 12.1 Å². The van der Waals surface area contributed by atoms with Crippen LogP contribution in [-0.2, 0) is 0 Å². The largest absolute Gasteiger partial charge is 0.497 e. The van der Waals surface area contributed by atoms with Gasteiger partial charge in [0.2, 0.25) is 0 Å². The zero-order valence-electron chi connectivity index (χ0n) is 10.3. The molecule has 2 aromatic carbocycles. The van der Waals surface area contributed by atoms with Crippen molar-refractivity contribution in [2.24, 2.45) is 5.73 Å². The summed E-state index contributed by atoms with van der Waals surface area (Å²) >= 11 is 11.2. The van der Waals surface area contributed by atoms with Gasteiger partial charge in [0.25, 0.3) is 0 Å². The van der Waals surface area contributed by atoms with Crippen molar-refractivity contribution in [2.45, 2.75) is 0 Å². The molecule has 0 fully saturated rings. The second-order valence-electron chi connectivity index (χ2n) is 3.88. The molecule has 0 aliphatic carbocycles. The van der Waals surface area contributed by atoms with Gasteiger partial charge in [0.15, 0.2) is 0 Å². The summed E-state index contributed by atoms with van der Waals surface area (Å²) in [6.07, 6.45) is 0. The molecule has 0 saturated heterocycles. The first-order valence-electron chi connectivity index (χ1n) is 5.61. The number of rotatable bonds is 4. The summed E-state index contributed by atoms with van der Waals surface area (Å²) in [5, 5.41) is 3.81. The smallest absolute Gasteiger partial charge is 0.121 e. The molecule has 0 bridgehead atoms. The van der Waals surface area contributed by atoms with Crippen LogP contribution >= 0.6 is 23.8 Å². The van der Waals surface area contributed by atoms with Crippen molar-refractivity contribution < 1.29 is 4.74 Å². The number of halogens is 1. The van der Waals surface area contributed by atoms with Gasteiger partial charge in [0.1, 0.15) is 10.7 Å². The van der Waals surface area contributed by atoms with Crippen LogP contribution in [0, 0.1) is 0 Å². The van der Waals surface area contributed by atoms with E-state index in [1.807, 2.05) is 30.3 Å². The number of benzene rings is 2. The number of hydrogen-bond acceptors (Lipinski definition) is 3. The van der Waals surface area contributed by atoms with E-state index >= 15 is 0 Å². The van der Waals surface area contributed by atoms with Crippen molar-refractivity contribution >= 4 is 40.2 Å². The van der Waals surface area contributed by atoms with E-state index in [9.17, 15) is 0 Å². The number of hydrogen-bond donors (Lipinski definition) is 2. The summed E-state index contributed by atoms with van der Waals surface area (Å²) in [5.41, 5.74) is 8.02. The van der Waals surface area contributed by atoms with E-state index in [0.717, 1.165) is 22.7 Å². The molecule has 3 N–H and O–H groups in total. The molecule has 0 aliphatic heterocycles. The number of para-hydroxylation sites is 1. The highest BCUT2D eigenvalue weighted by atomic mass is 35.5. The van der Waals surface area contributed by atoms with Gasteiger partial charge in [-0.15, -0.1) is 0 Å². The van der Waals surface area contributed by atoms with Crippen molar-refractivity contribution in [1.82, 2.24) is 0 Å². The first-order chi connectivity index (χ1) is 9.11. The van der Waals surface area contributed by atoms with Gasteiger partial charge < -0.3 is 15.8 Å². The zero-order chi connectivity index (χ0) is 13.8. The average molecular weight is 293 g/mol. The molecular weight excluding hydrogens is 280 g/mol. The van der Waals surface area contributed by atoms with E-state index in [4.69, 9.17) is 34.3 Å². The van der Waals surface area contributed by atoms with Crippen LogP contribution in [0.5, 0.6) is 5.75 Å². The number of ether oxygens (including phenoxy) is 1. The van der Waals surface area contributed by atoms with Crippen LogP contribution < -0.4 is 15.8 Å². The quantitative estimate of drug-likeness (QED) is 0.843. The van der Waals surface area contributed by atoms with E-state index in [2.05, 4.69) is 5.32 Å². The van der Waals surface area contributed by atoms with Crippen LogP contribution in [0.2, 0.25) is 5.02 Å². The summed E-state index contributed by atoms with van der Waals surface area (Å²) in [6.45, 7) is 0. The fourth-order valence-electron chi connectivity index (χ4n) is 1.68. The van der Waals surface area contributed by atoms with Gasteiger partial charge in [-0.1, -0.05) is 36.0 Å². The topological polar surface area (TPSA) is 47.3 Å². The maximum Gasteiger partial charge on any atom is 0.121 e. The Kier molecular flexibility index (Phi) is 4.24. The highest BCUT2D eigenvalue weighted by Crippen LogP contribution is 2.30. The molecule has 0 radical (unpaired) electrons. The minimum Gasteiger partial charge on any atom is -0.497 e. The zero-order valence-corrected chi connectivity index (χ0v) is 11.9. The molecule has 0 spiro atoms. The summed E-state index contributed by atoms with van der Waals surface area (Å²) in [5.74, 6) is 0.722. The minimum absolute atomic E-state index is 0.335. The number of nitrogens with two attached hydrogens (primary N) is 1. The van der Waals surface area contributed by atoms with Crippen LogP contribution in [0.4, 0.5) is 11.4 Å². The fraction of sp³-hybridized carbons (Fsp3) is 0.0714. The Labute approximate surface area is 122 Å². The highest BCUT2D eigenvalue weighted by Gasteiger charge is 2.07. The lowest BCUT2D eigenvalue weighted by molar-refractivity contribution is 0.415. The van der Waals surface area contributed by atoms with Crippen molar-refractivity contribution in [3.05, 3.63) is 53.1 Å².